The second-order valence-corrected chi connectivity index (χ2v) is 15.0. The fourth-order valence-electron chi connectivity index (χ4n) is 8.84. The second kappa shape index (κ2) is 11.0. The monoisotopic (exact) mass is 704 g/mol. The van der Waals surface area contributed by atoms with E-state index in [0.29, 0.717) is 59.3 Å². The molecular formula is C38H30F2N6O4S. The molecule has 2 bridgehead atoms. The van der Waals surface area contributed by atoms with Crippen molar-refractivity contribution in [2.24, 2.45) is 5.92 Å². The lowest BCUT2D eigenvalue weighted by Gasteiger charge is -2.37. The van der Waals surface area contributed by atoms with E-state index in [9.17, 15) is 18.4 Å². The number of carbonyl (C=O) groups excluding carboxylic acids is 1. The van der Waals surface area contributed by atoms with Gasteiger partial charge in [-0.2, -0.15) is 0 Å². The van der Waals surface area contributed by atoms with Crippen LogP contribution in [0.4, 0.5) is 14.6 Å². The number of hydrogen-bond donors (Lipinski definition) is 2. The zero-order chi connectivity index (χ0) is 34.6. The number of aromatic nitrogens is 4. The van der Waals surface area contributed by atoms with Crippen LogP contribution in [0.3, 0.4) is 0 Å². The van der Waals surface area contributed by atoms with Crippen LogP contribution in [-0.4, -0.2) is 44.6 Å². The Morgan fingerprint density at radius 1 is 1.06 bits per heavy atom. The van der Waals surface area contributed by atoms with Crippen molar-refractivity contribution in [2.45, 2.75) is 50.1 Å². The molecule has 1 spiro atoms. The van der Waals surface area contributed by atoms with Crippen LogP contribution in [0.1, 0.15) is 63.7 Å². The van der Waals surface area contributed by atoms with Crippen molar-refractivity contribution in [3.8, 4) is 27.6 Å². The molecular weight excluding hydrogens is 675 g/mol. The van der Waals surface area contributed by atoms with Gasteiger partial charge < -0.3 is 19.4 Å². The number of hydrogen-bond acceptors (Lipinski definition) is 9. The Morgan fingerprint density at radius 3 is 2.69 bits per heavy atom. The SMILES string of the molecule is COc1cc(F)cc2c1CCC2Nc1nccc2cc(-c3c4c(nc(CCc5ccc(F)cc5)c3-c3n[nH]c(=O)o3)C35CC(CN3C4=O)C5)sc12. The zero-order valence-corrected chi connectivity index (χ0v) is 28.2. The molecule has 2 N–H and O–H groups in total. The van der Waals surface area contributed by atoms with E-state index >= 15 is 0 Å². The summed E-state index contributed by atoms with van der Waals surface area (Å²) in [4.78, 5) is 39.5. The van der Waals surface area contributed by atoms with Crippen molar-refractivity contribution in [1.29, 1.82) is 0 Å². The van der Waals surface area contributed by atoms with E-state index in [1.54, 1.807) is 31.5 Å². The summed E-state index contributed by atoms with van der Waals surface area (Å²) in [5.41, 5.74) is 5.35. The first kappa shape index (κ1) is 30.4. The van der Waals surface area contributed by atoms with Crippen LogP contribution in [0.25, 0.3) is 32.0 Å². The number of benzene rings is 2. The largest absolute Gasteiger partial charge is 0.496 e. The minimum Gasteiger partial charge on any atom is -0.496 e. The van der Waals surface area contributed by atoms with Gasteiger partial charge in [-0.15, -0.1) is 16.4 Å². The summed E-state index contributed by atoms with van der Waals surface area (Å²) in [7, 11) is 1.55. The summed E-state index contributed by atoms with van der Waals surface area (Å²) >= 11 is 1.48. The highest BCUT2D eigenvalue weighted by atomic mass is 32.1. The summed E-state index contributed by atoms with van der Waals surface area (Å²) in [5.74, 6) is 0.229. The molecule has 6 aromatic rings. The Hall–Kier alpha value is -5.43. The van der Waals surface area contributed by atoms with E-state index in [1.807, 2.05) is 17.0 Å². The summed E-state index contributed by atoms with van der Waals surface area (Å²) in [6, 6.07) is 13.1. The second-order valence-electron chi connectivity index (χ2n) is 13.9. The van der Waals surface area contributed by atoms with Gasteiger partial charge in [0.1, 0.15) is 23.2 Å². The number of nitrogens with one attached hydrogen (secondary N) is 2. The maximum absolute atomic E-state index is 14.6. The van der Waals surface area contributed by atoms with Gasteiger partial charge >= 0.3 is 5.76 Å². The van der Waals surface area contributed by atoms with Gasteiger partial charge in [0, 0.05) is 29.2 Å². The van der Waals surface area contributed by atoms with Crippen LogP contribution >= 0.6 is 11.3 Å². The van der Waals surface area contributed by atoms with Crippen LogP contribution < -0.4 is 15.8 Å². The van der Waals surface area contributed by atoms with Crippen molar-refractivity contribution in [3.63, 3.8) is 0 Å². The van der Waals surface area contributed by atoms with Gasteiger partial charge in [0.25, 0.3) is 11.8 Å². The van der Waals surface area contributed by atoms with Gasteiger partial charge in [-0.3, -0.25) is 9.78 Å². The lowest BCUT2D eigenvalue weighted by molar-refractivity contribution is 0.0637. The summed E-state index contributed by atoms with van der Waals surface area (Å²) in [6.45, 7) is 0.686. The van der Waals surface area contributed by atoms with Gasteiger partial charge in [0.05, 0.1) is 45.9 Å². The quantitative estimate of drug-likeness (QED) is 0.175. The topological polar surface area (TPSA) is 126 Å². The standard InChI is InChI=1S/C38H30F2N6O4S/c1-49-27-14-22(40)13-24-23(27)7-9-25(24)43-34-32-20(10-11-41-34)12-28(51-32)30-29(35-44-45-37(48)50-35)26(8-4-18-2-5-21(39)6-3-18)42-33-31(30)36(47)46-17-19-15-38(33,46)16-19/h2-3,5-6,10-14,19,25H,4,7-9,15-17H2,1H3,(H,41,43)(H,45,48). The predicted molar refractivity (Wildman–Crippen MR) is 186 cm³/mol. The number of aryl methyl sites for hydroxylation is 2. The lowest BCUT2D eigenvalue weighted by Crippen LogP contribution is -2.40. The smallest absolute Gasteiger partial charge is 0.434 e. The van der Waals surface area contributed by atoms with Crippen LogP contribution in [-0.2, 0) is 24.8 Å². The Labute approximate surface area is 293 Å². The number of thiophene rings is 1. The minimum atomic E-state index is -0.717. The molecule has 4 aromatic heterocycles. The summed E-state index contributed by atoms with van der Waals surface area (Å²) in [5, 5.41) is 11.1. The van der Waals surface area contributed by atoms with Crippen molar-refractivity contribution in [2.75, 3.05) is 19.0 Å². The molecule has 13 heteroatoms. The van der Waals surface area contributed by atoms with Crippen LogP contribution in [0.2, 0.25) is 0 Å². The number of rotatable bonds is 8. The summed E-state index contributed by atoms with van der Waals surface area (Å²) in [6.07, 6.45) is 5.93. The maximum atomic E-state index is 14.6. The predicted octanol–water partition coefficient (Wildman–Crippen LogP) is 6.95. The number of anilines is 1. The number of halogens is 2. The molecule has 256 valence electrons. The highest BCUT2D eigenvalue weighted by molar-refractivity contribution is 7.23. The van der Waals surface area contributed by atoms with Gasteiger partial charge in [-0.1, -0.05) is 12.1 Å². The number of aromatic amines is 1. The molecule has 7 heterocycles. The van der Waals surface area contributed by atoms with Gasteiger partial charge in [0.2, 0.25) is 0 Å². The average molecular weight is 705 g/mol. The first-order valence-electron chi connectivity index (χ1n) is 17.0. The highest BCUT2D eigenvalue weighted by Crippen LogP contribution is 2.63. The normalized spacial score (nSPS) is 21.2. The first-order valence-corrected chi connectivity index (χ1v) is 17.8. The third-order valence-electron chi connectivity index (χ3n) is 11.1. The van der Waals surface area contributed by atoms with Crippen molar-refractivity contribution in [3.05, 3.63) is 111 Å². The number of pyridine rings is 2. The molecule has 3 fully saturated rings. The van der Waals surface area contributed by atoms with E-state index in [4.69, 9.17) is 19.1 Å². The first-order chi connectivity index (χ1) is 24.8. The molecule has 1 amide bonds. The Balaban J connectivity index is 1.14. The van der Waals surface area contributed by atoms with E-state index in [-0.39, 0.29) is 29.5 Å². The molecule has 10 nitrogen and oxygen atoms in total. The molecule has 2 saturated heterocycles. The molecule has 3 aliphatic heterocycles. The van der Waals surface area contributed by atoms with E-state index < -0.39 is 11.3 Å². The molecule has 2 aliphatic carbocycles. The fraction of sp³-hybridized carbons (Fsp3) is 0.289. The molecule has 1 unspecified atom stereocenters. The highest BCUT2D eigenvalue weighted by Gasteiger charge is 2.65. The van der Waals surface area contributed by atoms with Gasteiger partial charge in [-0.05, 0) is 96.9 Å². The van der Waals surface area contributed by atoms with E-state index in [1.165, 1.54) is 29.5 Å². The van der Waals surface area contributed by atoms with Crippen molar-refractivity contribution < 1.29 is 22.7 Å². The number of ether oxygens (including phenoxy) is 1. The molecule has 1 atom stereocenters. The summed E-state index contributed by atoms with van der Waals surface area (Å²) < 4.78 is 40.3. The Bertz CT molecular complexity index is 2490. The molecule has 2 aromatic carbocycles. The number of carbonyl (C=O) groups is 1. The molecule has 51 heavy (non-hydrogen) atoms. The van der Waals surface area contributed by atoms with Crippen molar-refractivity contribution in [1.82, 2.24) is 25.1 Å². The molecule has 0 radical (unpaired) electrons. The molecule has 1 saturated carbocycles. The van der Waals surface area contributed by atoms with E-state index in [0.717, 1.165) is 63.0 Å². The Kier molecular flexibility index (Phi) is 6.58. The van der Waals surface area contributed by atoms with Crippen LogP contribution in [0.15, 0.2) is 63.9 Å². The maximum Gasteiger partial charge on any atom is 0.434 e. The third kappa shape index (κ3) is 4.53. The molecule has 5 aliphatic rings. The van der Waals surface area contributed by atoms with Gasteiger partial charge in [-0.25, -0.2) is 23.7 Å². The van der Waals surface area contributed by atoms with Crippen LogP contribution in [0, 0.1) is 17.6 Å². The van der Waals surface area contributed by atoms with E-state index in [2.05, 4.69) is 15.5 Å². The third-order valence-corrected chi connectivity index (χ3v) is 12.3. The minimum absolute atomic E-state index is 0.0516. The average Bonchev–Trinajstić information content (AvgIpc) is 3.96. The number of nitrogens with zero attached hydrogens (tertiary/aromatic N) is 4. The molecule has 11 rings (SSSR count). The van der Waals surface area contributed by atoms with Crippen LogP contribution in [0.5, 0.6) is 5.75 Å². The van der Waals surface area contributed by atoms with Crippen molar-refractivity contribution >= 4 is 33.1 Å². The zero-order valence-electron chi connectivity index (χ0n) is 27.4. The number of methoxy groups -OCH3 is 1. The number of H-pyrrole nitrogens is 1. The van der Waals surface area contributed by atoms with Gasteiger partial charge in [0.15, 0.2) is 0 Å². The fourth-order valence-corrected chi connectivity index (χ4v) is 10.0. The Morgan fingerprint density at radius 2 is 1.90 bits per heavy atom. The number of amides is 1. The lowest BCUT2D eigenvalue weighted by atomic mass is 9.71. The number of fused-ring (bicyclic) bond motifs is 3.